The highest BCUT2D eigenvalue weighted by Crippen LogP contribution is 2.26. The lowest BCUT2D eigenvalue weighted by Gasteiger charge is -2.38. The molecule has 2 heterocycles. The van der Waals surface area contributed by atoms with Crippen LogP contribution in [-0.4, -0.2) is 63.5 Å². The number of nitrogens with one attached hydrogen (secondary N) is 1. The summed E-state index contributed by atoms with van der Waals surface area (Å²) < 4.78 is 35.1. The van der Waals surface area contributed by atoms with E-state index in [2.05, 4.69) is 14.6 Å². The third kappa shape index (κ3) is 5.18. The van der Waals surface area contributed by atoms with Gasteiger partial charge in [-0.3, -0.25) is 4.79 Å². The first-order valence-electron chi connectivity index (χ1n) is 11.3. The molecule has 1 aliphatic heterocycles. The molecule has 2 aromatic carbocycles. The van der Waals surface area contributed by atoms with E-state index in [4.69, 9.17) is 4.74 Å². The normalized spacial score (nSPS) is 15.7. The Morgan fingerprint density at radius 3 is 2.53 bits per heavy atom. The van der Waals surface area contributed by atoms with Crippen LogP contribution in [0.15, 0.2) is 47.4 Å². The molecule has 0 aliphatic carbocycles. The maximum atomic E-state index is 13.4. The zero-order chi connectivity index (χ0) is 24.5. The fourth-order valence-electron chi connectivity index (χ4n) is 4.08. The van der Waals surface area contributed by atoms with E-state index in [1.165, 1.54) is 11.3 Å². The van der Waals surface area contributed by atoms with Crippen LogP contribution in [0.25, 0.3) is 10.2 Å². The SMILES string of the molecule is COc1cccc(N2CCN(C(=O)[C@@H](NS(=O)(=O)c3ccc4nc(C)sc4c3)C(C)C)CC2)c1. The maximum Gasteiger partial charge on any atom is 0.241 e. The molecule has 1 aromatic heterocycles. The second kappa shape index (κ2) is 9.89. The monoisotopic (exact) mass is 502 g/mol. The predicted molar refractivity (Wildman–Crippen MR) is 135 cm³/mol. The minimum Gasteiger partial charge on any atom is -0.497 e. The van der Waals surface area contributed by atoms with Crippen molar-refractivity contribution in [2.24, 2.45) is 5.92 Å². The molecule has 0 radical (unpaired) electrons. The van der Waals surface area contributed by atoms with Crippen molar-refractivity contribution in [3.8, 4) is 5.75 Å². The van der Waals surface area contributed by atoms with Crippen molar-refractivity contribution in [3.05, 3.63) is 47.5 Å². The Bertz CT molecular complexity index is 1280. The summed E-state index contributed by atoms with van der Waals surface area (Å²) in [6, 6.07) is 11.9. The Morgan fingerprint density at radius 1 is 1.12 bits per heavy atom. The third-order valence-electron chi connectivity index (χ3n) is 6.00. The number of benzene rings is 2. The van der Waals surface area contributed by atoms with Gasteiger partial charge in [-0.1, -0.05) is 19.9 Å². The number of anilines is 1. The summed E-state index contributed by atoms with van der Waals surface area (Å²) in [5.74, 6) is 0.392. The van der Waals surface area contributed by atoms with E-state index < -0.39 is 16.1 Å². The first-order valence-corrected chi connectivity index (χ1v) is 13.6. The zero-order valence-electron chi connectivity index (χ0n) is 19.8. The Balaban J connectivity index is 1.46. The Labute approximate surface area is 204 Å². The summed E-state index contributed by atoms with van der Waals surface area (Å²) >= 11 is 1.45. The fourth-order valence-corrected chi connectivity index (χ4v) is 6.39. The molecule has 1 fully saturated rings. The molecule has 1 amide bonds. The molecule has 1 saturated heterocycles. The van der Waals surface area contributed by atoms with Gasteiger partial charge in [0.2, 0.25) is 15.9 Å². The number of carbonyl (C=O) groups excluding carboxylic acids is 1. The largest absolute Gasteiger partial charge is 0.497 e. The molecule has 10 heteroatoms. The summed E-state index contributed by atoms with van der Waals surface area (Å²) in [5.41, 5.74) is 1.81. The topological polar surface area (TPSA) is 91.8 Å². The van der Waals surface area contributed by atoms with Gasteiger partial charge in [-0.15, -0.1) is 11.3 Å². The van der Waals surface area contributed by atoms with E-state index in [1.807, 2.05) is 45.0 Å². The number of piperazine rings is 1. The lowest BCUT2D eigenvalue weighted by molar-refractivity contribution is -0.134. The van der Waals surface area contributed by atoms with Gasteiger partial charge in [0.25, 0.3) is 0 Å². The lowest BCUT2D eigenvalue weighted by atomic mass is 10.0. The summed E-state index contributed by atoms with van der Waals surface area (Å²) in [4.78, 5) is 21.8. The van der Waals surface area contributed by atoms with Gasteiger partial charge < -0.3 is 14.5 Å². The molecule has 182 valence electrons. The number of aromatic nitrogens is 1. The molecule has 3 aromatic rings. The minimum atomic E-state index is -3.87. The van der Waals surface area contributed by atoms with Gasteiger partial charge in [0.05, 0.1) is 27.2 Å². The first-order chi connectivity index (χ1) is 16.2. The number of rotatable bonds is 7. The number of thiazole rings is 1. The summed E-state index contributed by atoms with van der Waals surface area (Å²) in [5, 5.41) is 0.876. The predicted octanol–water partition coefficient (Wildman–Crippen LogP) is 3.27. The molecular formula is C24H30N4O4S2. The summed E-state index contributed by atoms with van der Waals surface area (Å²) in [6.45, 7) is 7.97. The molecule has 4 rings (SSSR count). The van der Waals surface area contributed by atoms with Crippen LogP contribution in [0.4, 0.5) is 5.69 Å². The van der Waals surface area contributed by atoms with Gasteiger partial charge in [0.1, 0.15) is 11.8 Å². The van der Waals surface area contributed by atoms with Crippen molar-refractivity contribution in [3.63, 3.8) is 0 Å². The third-order valence-corrected chi connectivity index (χ3v) is 8.37. The van der Waals surface area contributed by atoms with Crippen LogP contribution in [0.5, 0.6) is 5.75 Å². The van der Waals surface area contributed by atoms with Crippen molar-refractivity contribution in [2.75, 3.05) is 38.2 Å². The van der Waals surface area contributed by atoms with E-state index in [-0.39, 0.29) is 16.7 Å². The van der Waals surface area contributed by atoms with Crippen LogP contribution in [0.2, 0.25) is 0 Å². The van der Waals surface area contributed by atoms with Crippen molar-refractivity contribution < 1.29 is 17.9 Å². The molecule has 0 saturated carbocycles. The van der Waals surface area contributed by atoms with E-state index in [0.717, 1.165) is 26.7 Å². The smallest absolute Gasteiger partial charge is 0.241 e. The van der Waals surface area contributed by atoms with Crippen molar-refractivity contribution in [1.82, 2.24) is 14.6 Å². The highest BCUT2D eigenvalue weighted by atomic mass is 32.2. The zero-order valence-corrected chi connectivity index (χ0v) is 21.4. The second-order valence-corrected chi connectivity index (χ2v) is 11.7. The number of methoxy groups -OCH3 is 1. The highest BCUT2D eigenvalue weighted by molar-refractivity contribution is 7.89. The quantitative estimate of drug-likeness (QED) is 0.533. The van der Waals surface area contributed by atoms with Gasteiger partial charge in [-0.25, -0.2) is 13.4 Å². The van der Waals surface area contributed by atoms with Crippen LogP contribution in [-0.2, 0) is 14.8 Å². The van der Waals surface area contributed by atoms with E-state index >= 15 is 0 Å². The lowest BCUT2D eigenvalue weighted by Crippen LogP contribution is -2.56. The maximum absolute atomic E-state index is 13.4. The Hall–Kier alpha value is -2.69. The minimum absolute atomic E-state index is 0.143. The van der Waals surface area contributed by atoms with Crippen molar-refractivity contribution in [2.45, 2.75) is 31.7 Å². The summed E-state index contributed by atoms with van der Waals surface area (Å²) in [6.07, 6.45) is 0. The second-order valence-electron chi connectivity index (χ2n) is 8.72. The summed E-state index contributed by atoms with van der Waals surface area (Å²) in [7, 11) is -2.24. The van der Waals surface area contributed by atoms with Crippen molar-refractivity contribution in [1.29, 1.82) is 0 Å². The fraction of sp³-hybridized carbons (Fsp3) is 0.417. The van der Waals surface area contributed by atoms with E-state index in [9.17, 15) is 13.2 Å². The number of hydrogen-bond acceptors (Lipinski definition) is 7. The number of hydrogen-bond donors (Lipinski definition) is 1. The van der Waals surface area contributed by atoms with E-state index in [1.54, 1.807) is 30.2 Å². The van der Waals surface area contributed by atoms with Gasteiger partial charge in [-0.2, -0.15) is 4.72 Å². The van der Waals surface area contributed by atoms with Gasteiger partial charge in [0, 0.05) is 37.9 Å². The molecule has 1 aliphatic rings. The highest BCUT2D eigenvalue weighted by Gasteiger charge is 2.33. The number of carbonyl (C=O) groups is 1. The molecular weight excluding hydrogens is 472 g/mol. The Morgan fingerprint density at radius 2 is 1.85 bits per heavy atom. The number of amides is 1. The molecule has 0 unspecified atom stereocenters. The van der Waals surface area contributed by atoms with Crippen LogP contribution in [0, 0.1) is 12.8 Å². The molecule has 0 bridgehead atoms. The van der Waals surface area contributed by atoms with Crippen molar-refractivity contribution >= 4 is 43.2 Å². The number of nitrogens with zero attached hydrogens (tertiary/aromatic N) is 3. The average molecular weight is 503 g/mol. The molecule has 34 heavy (non-hydrogen) atoms. The number of aryl methyl sites for hydroxylation is 1. The van der Waals surface area contributed by atoms with Crippen LogP contribution < -0.4 is 14.4 Å². The van der Waals surface area contributed by atoms with Crippen LogP contribution >= 0.6 is 11.3 Å². The molecule has 0 spiro atoms. The van der Waals surface area contributed by atoms with Gasteiger partial charge in [-0.05, 0) is 43.2 Å². The molecule has 8 nitrogen and oxygen atoms in total. The molecule has 1 N–H and O–H groups in total. The number of fused-ring (bicyclic) bond motifs is 1. The van der Waals surface area contributed by atoms with Gasteiger partial charge >= 0.3 is 0 Å². The first kappa shape index (κ1) is 24.4. The number of sulfonamides is 1. The Kier molecular flexibility index (Phi) is 7.11. The van der Waals surface area contributed by atoms with Crippen LogP contribution in [0.1, 0.15) is 18.9 Å². The molecule has 1 atom stereocenters. The number of ether oxygens (including phenoxy) is 1. The standard InChI is InChI=1S/C24H30N4O4S2/c1-16(2)23(26-34(30,31)20-8-9-21-22(15-20)33-17(3)25-21)24(29)28-12-10-27(11-13-28)18-6-5-7-19(14-18)32-4/h5-9,14-16,23,26H,10-13H2,1-4H3/t23-/m0/s1. The van der Waals surface area contributed by atoms with Crippen LogP contribution in [0.3, 0.4) is 0 Å². The van der Waals surface area contributed by atoms with Gasteiger partial charge in [0.15, 0.2) is 0 Å². The van der Waals surface area contributed by atoms with E-state index in [0.29, 0.717) is 26.2 Å². The average Bonchev–Trinajstić information content (AvgIpc) is 3.21.